The summed E-state index contributed by atoms with van der Waals surface area (Å²) in [5.41, 5.74) is 0.711. The van der Waals surface area contributed by atoms with Gasteiger partial charge in [-0.15, -0.1) is 0 Å². The zero-order valence-electron chi connectivity index (χ0n) is 13.8. The first-order valence-electron chi connectivity index (χ1n) is 8.41. The van der Waals surface area contributed by atoms with E-state index in [-0.39, 0.29) is 11.8 Å². The Morgan fingerprint density at radius 1 is 1.33 bits per heavy atom. The molecule has 0 bridgehead atoms. The Morgan fingerprint density at radius 3 is 2.83 bits per heavy atom. The Bertz CT molecular complexity index is 577. The summed E-state index contributed by atoms with van der Waals surface area (Å²) in [4.78, 5) is 6.33. The maximum atomic E-state index is 12.6. The van der Waals surface area contributed by atoms with Gasteiger partial charge in [-0.25, -0.2) is 0 Å². The van der Waals surface area contributed by atoms with Crippen LogP contribution < -0.4 is 20.3 Å². The van der Waals surface area contributed by atoms with Crippen molar-refractivity contribution >= 4 is 11.6 Å². The molecule has 1 aromatic rings. The number of rotatable bonds is 6. The number of hydrogen-bond acceptors (Lipinski definition) is 3. The minimum atomic E-state index is -2.81. The molecule has 3 rings (SSSR count). The normalized spacial score (nSPS) is 21.2. The van der Waals surface area contributed by atoms with Gasteiger partial charge < -0.3 is 20.3 Å². The molecule has 1 aliphatic carbocycles. The molecule has 1 saturated carbocycles. The number of anilines is 1. The van der Waals surface area contributed by atoms with Crippen molar-refractivity contribution in [3.8, 4) is 5.75 Å². The van der Waals surface area contributed by atoms with Gasteiger partial charge in [0.15, 0.2) is 5.96 Å². The molecule has 2 aliphatic rings. The van der Waals surface area contributed by atoms with Crippen LogP contribution in [0.25, 0.3) is 0 Å². The van der Waals surface area contributed by atoms with Crippen LogP contribution in [0.5, 0.6) is 5.75 Å². The second-order valence-corrected chi connectivity index (χ2v) is 6.32. The van der Waals surface area contributed by atoms with Crippen LogP contribution in [-0.4, -0.2) is 45.3 Å². The van der Waals surface area contributed by atoms with Crippen LogP contribution in [0, 0.1) is 5.92 Å². The summed E-state index contributed by atoms with van der Waals surface area (Å²) in [6.45, 7) is -0.330. The molecule has 2 fully saturated rings. The van der Waals surface area contributed by atoms with Crippen molar-refractivity contribution in [1.29, 1.82) is 0 Å². The van der Waals surface area contributed by atoms with Gasteiger partial charge in [0.2, 0.25) is 0 Å². The fourth-order valence-corrected chi connectivity index (χ4v) is 2.96. The van der Waals surface area contributed by atoms with Crippen LogP contribution in [0.1, 0.15) is 19.3 Å². The number of alkyl halides is 2. The number of benzene rings is 1. The largest absolute Gasteiger partial charge is 0.433 e. The topological polar surface area (TPSA) is 48.9 Å². The van der Waals surface area contributed by atoms with E-state index < -0.39 is 6.61 Å². The van der Waals surface area contributed by atoms with E-state index in [9.17, 15) is 8.78 Å². The predicted octanol–water partition coefficient (Wildman–Crippen LogP) is 2.44. The van der Waals surface area contributed by atoms with Gasteiger partial charge >= 0.3 is 6.61 Å². The maximum absolute atomic E-state index is 12.6. The average Bonchev–Trinajstić information content (AvgIpc) is 3.28. The molecular weight excluding hydrogens is 314 g/mol. The number of ether oxygens (including phenoxy) is 1. The van der Waals surface area contributed by atoms with Gasteiger partial charge in [-0.2, -0.15) is 8.78 Å². The molecule has 0 radical (unpaired) electrons. The van der Waals surface area contributed by atoms with E-state index in [0.29, 0.717) is 5.69 Å². The number of nitrogens with zero attached hydrogens (tertiary/aromatic N) is 2. The van der Waals surface area contributed by atoms with Gasteiger partial charge in [-0.05, 0) is 37.3 Å². The molecule has 7 heteroatoms. The van der Waals surface area contributed by atoms with Crippen LogP contribution in [0.15, 0.2) is 29.3 Å². The molecule has 1 atom stereocenters. The molecule has 1 saturated heterocycles. The summed E-state index contributed by atoms with van der Waals surface area (Å²) in [6, 6.07) is 7.18. The molecule has 132 valence electrons. The standard InChI is InChI=1S/C17H24F2N4O/c1-20-17(21-10-12-6-7-12)22-13-8-9-23(11-13)14-4-2-3-5-15(14)24-16(18)19/h2-5,12-13,16H,6-11H2,1H3,(H2,20,21,22). The Morgan fingerprint density at radius 2 is 2.12 bits per heavy atom. The Labute approximate surface area is 141 Å². The van der Waals surface area contributed by atoms with Crippen molar-refractivity contribution in [2.24, 2.45) is 10.9 Å². The van der Waals surface area contributed by atoms with Gasteiger partial charge in [-0.1, -0.05) is 12.1 Å². The molecule has 2 N–H and O–H groups in total. The second kappa shape index (κ2) is 7.68. The molecular formula is C17H24F2N4O. The van der Waals surface area contributed by atoms with Gasteiger partial charge in [0.05, 0.1) is 5.69 Å². The van der Waals surface area contributed by atoms with Gasteiger partial charge in [0.25, 0.3) is 0 Å². The van der Waals surface area contributed by atoms with Crippen LogP contribution in [-0.2, 0) is 0 Å². The maximum Gasteiger partial charge on any atom is 0.387 e. The number of halogens is 2. The lowest BCUT2D eigenvalue weighted by Gasteiger charge is -2.22. The van der Waals surface area contributed by atoms with E-state index in [0.717, 1.165) is 37.9 Å². The van der Waals surface area contributed by atoms with E-state index in [1.807, 2.05) is 12.1 Å². The summed E-state index contributed by atoms with van der Waals surface area (Å²) in [5, 5.41) is 6.76. The lowest BCUT2D eigenvalue weighted by Crippen LogP contribution is -2.45. The highest BCUT2D eigenvalue weighted by Crippen LogP contribution is 2.31. The highest BCUT2D eigenvalue weighted by molar-refractivity contribution is 5.80. The van der Waals surface area contributed by atoms with Crippen molar-refractivity contribution in [1.82, 2.24) is 10.6 Å². The van der Waals surface area contributed by atoms with Crippen molar-refractivity contribution in [2.45, 2.75) is 31.9 Å². The quantitative estimate of drug-likeness (QED) is 0.618. The van der Waals surface area contributed by atoms with Gasteiger partial charge in [-0.3, -0.25) is 4.99 Å². The third kappa shape index (κ3) is 4.49. The smallest absolute Gasteiger partial charge is 0.387 e. The molecule has 0 spiro atoms. The summed E-state index contributed by atoms with van der Waals surface area (Å²) in [5.74, 6) is 1.82. The minimum absolute atomic E-state index is 0.226. The number of guanidine groups is 1. The van der Waals surface area contributed by atoms with E-state index in [1.54, 1.807) is 19.2 Å². The molecule has 24 heavy (non-hydrogen) atoms. The first-order chi connectivity index (χ1) is 11.7. The molecule has 1 unspecified atom stereocenters. The van der Waals surface area contributed by atoms with Crippen LogP contribution in [0.3, 0.4) is 0 Å². The molecule has 5 nitrogen and oxygen atoms in total. The summed E-state index contributed by atoms with van der Waals surface area (Å²) < 4.78 is 29.8. The molecule has 0 aromatic heterocycles. The fourth-order valence-electron chi connectivity index (χ4n) is 2.96. The first-order valence-corrected chi connectivity index (χ1v) is 8.41. The van der Waals surface area contributed by atoms with Gasteiger partial charge in [0.1, 0.15) is 5.75 Å². The van der Waals surface area contributed by atoms with Crippen molar-refractivity contribution in [2.75, 3.05) is 31.6 Å². The average molecular weight is 338 g/mol. The Balaban J connectivity index is 1.56. The number of para-hydroxylation sites is 2. The lowest BCUT2D eigenvalue weighted by atomic mass is 10.2. The van der Waals surface area contributed by atoms with Gasteiger partial charge in [0, 0.05) is 32.7 Å². The fraction of sp³-hybridized carbons (Fsp3) is 0.588. The van der Waals surface area contributed by atoms with E-state index in [2.05, 4.69) is 25.3 Å². The zero-order valence-corrected chi connectivity index (χ0v) is 13.8. The number of hydrogen-bond donors (Lipinski definition) is 2. The SMILES string of the molecule is CN=C(NCC1CC1)NC1CCN(c2ccccc2OC(F)F)C1. The monoisotopic (exact) mass is 338 g/mol. The van der Waals surface area contributed by atoms with Crippen LogP contribution in [0.4, 0.5) is 14.5 Å². The number of nitrogens with one attached hydrogen (secondary N) is 2. The summed E-state index contributed by atoms with van der Waals surface area (Å²) in [7, 11) is 1.76. The van der Waals surface area contributed by atoms with Crippen LogP contribution in [0.2, 0.25) is 0 Å². The lowest BCUT2D eigenvalue weighted by molar-refractivity contribution is -0.0495. The van der Waals surface area contributed by atoms with Crippen molar-refractivity contribution < 1.29 is 13.5 Å². The third-order valence-electron chi connectivity index (χ3n) is 4.43. The number of aliphatic imine (C=N–C) groups is 1. The molecule has 1 aromatic carbocycles. The third-order valence-corrected chi connectivity index (χ3v) is 4.43. The summed E-state index contributed by atoms with van der Waals surface area (Å²) in [6.07, 6.45) is 3.51. The zero-order chi connectivity index (χ0) is 16.9. The van der Waals surface area contributed by atoms with Crippen molar-refractivity contribution in [3.05, 3.63) is 24.3 Å². The predicted molar refractivity (Wildman–Crippen MR) is 90.9 cm³/mol. The van der Waals surface area contributed by atoms with E-state index >= 15 is 0 Å². The first kappa shape index (κ1) is 16.8. The highest BCUT2D eigenvalue weighted by atomic mass is 19.3. The minimum Gasteiger partial charge on any atom is -0.433 e. The molecule has 1 aliphatic heterocycles. The molecule has 0 amide bonds. The van der Waals surface area contributed by atoms with Crippen molar-refractivity contribution in [3.63, 3.8) is 0 Å². The summed E-state index contributed by atoms with van der Waals surface area (Å²) >= 11 is 0. The van der Waals surface area contributed by atoms with Crippen LogP contribution >= 0.6 is 0 Å². The Hall–Kier alpha value is -2.05. The van der Waals surface area contributed by atoms with E-state index in [4.69, 9.17) is 0 Å². The molecule has 1 heterocycles. The second-order valence-electron chi connectivity index (χ2n) is 6.32. The highest BCUT2D eigenvalue weighted by Gasteiger charge is 2.26. The Kier molecular flexibility index (Phi) is 5.37. The van der Waals surface area contributed by atoms with E-state index in [1.165, 1.54) is 12.8 Å².